The van der Waals surface area contributed by atoms with Crippen molar-refractivity contribution in [3.8, 4) is 0 Å². The third-order valence-corrected chi connectivity index (χ3v) is 3.65. The summed E-state index contributed by atoms with van der Waals surface area (Å²) in [6.07, 6.45) is 6.36. The molecule has 0 amide bonds. The summed E-state index contributed by atoms with van der Waals surface area (Å²) in [4.78, 5) is 11.2. The molecule has 0 N–H and O–H groups in total. The zero-order valence-electron chi connectivity index (χ0n) is 9.43. The first-order valence-electron chi connectivity index (χ1n) is 5.91. The summed E-state index contributed by atoms with van der Waals surface area (Å²) < 4.78 is 6.74. The zero-order chi connectivity index (χ0) is 11.1. The molecule has 1 aromatic heterocycles. The van der Waals surface area contributed by atoms with Crippen LogP contribution >= 0.6 is 0 Å². The van der Waals surface area contributed by atoms with Gasteiger partial charge in [0.2, 0.25) is 0 Å². The van der Waals surface area contributed by atoms with Gasteiger partial charge in [0, 0.05) is 12.1 Å². The van der Waals surface area contributed by atoms with Gasteiger partial charge in [-0.1, -0.05) is 0 Å². The van der Waals surface area contributed by atoms with Crippen LogP contribution in [0.2, 0.25) is 0 Å². The summed E-state index contributed by atoms with van der Waals surface area (Å²) in [7, 11) is 1.45. The first-order valence-corrected chi connectivity index (χ1v) is 5.91. The van der Waals surface area contributed by atoms with Crippen molar-refractivity contribution in [2.45, 2.75) is 37.6 Å². The van der Waals surface area contributed by atoms with E-state index in [1.807, 2.05) is 10.9 Å². The lowest BCUT2D eigenvalue weighted by atomic mass is 9.80. The number of hydrogen-bond donors (Lipinski definition) is 0. The van der Waals surface area contributed by atoms with Crippen LogP contribution < -0.4 is 0 Å². The molecule has 0 bridgehead atoms. The average molecular weight is 220 g/mol. The standard InChI is InChI=1S/C12H16N2O2/c1-16-12(15)9-6-10(7-9)14-5-4-11(13-14)8-2-3-8/h4-5,8-10H,2-3,6-7H2,1H3/t9-,10-. The second-order valence-electron chi connectivity index (χ2n) is 4.84. The smallest absolute Gasteiger partial charge is 0.308 e. The summed E-state index contributed by atoms with van der Waals surface area (Å²) in [6, 6.07) is 2.51. The van der Waals surface area contributed by atoms with E-state index in [1.54, 1.807) is 0 Å². The number of carbonyl (C=O) groups is 1. The molecule has 86 valence electrons. The van der Waals surface area contributed by atoms with E-state index in [-0.39, 0.29) is 11.9 Å². The lowest BCUT2D eigenvalue weighted by molar-refractivity contribution is -0.149. The first kappa shape index (κ1) is 9.87. The van der Waals surface area contributed by atoms with Crippen molar-refractivity contribution in [3.05, 3.63) is 18.0 Å². The van der Waals surface area contributed by atoms with Crippen molar-refractivity contribution in [1.82, 2.24) is 9.78 Å². The number of carbonyl (C=O) groups excluding carboxylic acids is 1. The Hall–Kier alpha value is -1.32. The Morgan fingerprint density at radius 1 is 1.50 bits per heavy atom. The van der Waals surface area contributed by atoms with Gasteiger partial charge in [-0.15, -0.1) is 0 Å². The maximum absolute atomic E-state index is 11.2. The van der Waals surface area contributed by atoms with Gasteiger partial charge >= 0.3 is 5.97 Å². The van der Waals surface area contributed by atoms with E-state index in [2.05, 4.69) is 11.2 Å². The van der Waals surface area contributed by atoms with Gasteiger partial charge in [-0.3, -0.25) is 9.48 Å². The SMILES string of the molecule is COC(=O)[C@H]1C[C@H](n2ccc(C3CC3)n2)C1. The predicted molar refractivity (Wildman–Crippen MR) is 58.0 cm³/mol. The maximum atomic E-state index is 11.2. The monoisotopic (exact) mass is 220 g/mol. The van der Waals surface area contributed by atoms with Crippen LogP contribution in [0.15, 0.2) is 12.3 Å². The number of nitrogens with zero attached hydrogens (tertiary/aromatic N) is 2. The van der Waals surface area contributed by atoms with Crippen molar-refractivity contribution in [3.63, 3.8) is 0 Å². The summed E-state index contributed by atoms with van der Waals surface area (Å²) in [5.74, 6) is 0.715. The fourth-order valence-corrected chi connectivity index (χ4v) is 2.32. The van der Waals surface area contributed by atoms with Crippen LogP contribution in [-0.2, 0) is 9.53 Å². The van der Waals surface area contributed by atoms with E-state index in [4.69, 9.17) is 4.74 Å². The largest absolute Gasteiger partial charge is 0.469 e. The second-order valence-corrected chi connectivity index (χ2v) is 4.84. The van der Waals surface area contributed by atoms with Gasteiger partial charge in [0.1, 0.15) is 0 Å². The number of aromatic nitrogens is 2. The summed E-state index contributed by atoms with van der Waals surface area (Å²) in [5.41, 5.74) is 1.22. The van der Waals surface area contributed by atoms with E-state index in [9.17, 15) is 4.79 Å². The zero-order valence-corrected chi connectivity index (χ0v) is 9.43. The minimum absolute atomic E-state index is 0.0779. The van der Waals surface area contributed by atoms with E-state index >= 15 is 0 Å². The molecule has 0 saturated heterocycles. The Morgan fingerprint density at radius 3 is 2.88 bits per heavy atom. The molecule has 0 unspecified atom stereocenters. The van der Waals surface area contributed by atoms with E-state index in [0.717, 1.165) is 12.8 Å². The van der Waals surface area contributed by atoms with Crippen LogP contribution in [0.3, 0.4) is 0 Å². The van der Waals surface area contributed by atoms with E-state index < -0.39 is 0 Å². The lowest BCUT2D eigenvalue weighted by Gasteiger charge is -2.33. The van der Waals surface area contributed by atoms with Gasteiger partial charge in [0.15, 0.2) is 0 Å². The Kier molecular flexibility index (Phi) is 2.23. The third-order valence-electron chi connectivity index (χ3n) is 3.65. The highest BCUT2D eigenvalue weighted by molar-refractivity contribution is 5.73. The molecule has 2 aliphatic rings. The van der Waals surface area contributed by atoms with E-state index in [1.165, 1.54) is 25.6 Å². The minimum atomic E-state index is -0.0779. The molecule has 3 rings (SSSR count). The summed E-state index contributed by atoms with van der Waals surface area (Å²) in [6.45, 7) is 0. The minimum Gasteiger partial charge on any atom is -0.469 e. The van der Waals surface area contributed by atoms with Gasteiger partial charge in [-0.25, -0.2) is 0 Å². The molecular formula is C12H16N2O2. The molecule has 0 spiro atoms. The normalized spacial score (nSPS) is 28.6. The fourth-order valence-electron chi connectivity index (χ4n) is 2.32. The number of methoxy groups -OCH3 is 1. The van der Waals surface area contributed by atoms with Crippen molar-refractivity contribution in [1.29, 1.82) is 0 Å². The van der Waals surface area contributed by atoms with Crippen molar-refractivity contribution in [2.24, 2.45) is 5.92 Å². The topological polar surface area (TPSA) is 44.1 Å². The van der Waals surface area contributed by atoms with Crippen LogP contribution in [-0.4, -0.2) is 22.9 Å². The number of esters is 1. The van der Waals surface area contributed by atoms with Crippen molar-refractivity contribution in [2.75, 3.05) is 7.11 Å². The molecule has 1 heterocycles. The molecule has 4 heteroatoms. The van der Waals surface area contributed by atoms with Gasteiger partial charge < -0.3 is 4.74 Å². The van der Waals surface area contributed by atoms with E-state index in [0.29, 0.717) is 12.0 Å². The van der Waals surface area contributed by atoms with Crippen LogP contribution in [0.1, 0.15) is 43.3 Å². The molecular weight excluding hydrogens is 204 g/mol. The van der Waals surface area contributed by atoms with Crippen LogP contribution in [0.25, 0.3) is 0 Å². The van der Waals surface area contributed by atoms with Gasteiger partial charge in [-0.05, 0) is 31.7 Å². The van der Waals surface area contributed by atoms with Crippen molar-refractivity contribution < 1.29 is 9.53 Å². The number of hydrogen-bond acceptors (Lipinski definition) is 3. The molecule has 0 atom stereocenters. The highest BCUT2D eigenvalue weighted by Gasteiger charge is 2.37. The highest BCUT2D eigenvalue weighted by atomic mass is 16.5. The molecule has 2 saturated carbocycles. The molecule has 16 heavy (non-hydrogen) atoms. The predicted octanol–water partition coefficient (Wildman–Crippen LogP) is 1.88. The second kappa shape index (κ2) is 3.61. The fraction of sp³-hybridized carbons (Fsp3) is 0.667. The highest BCUT2D eigenvalue weighted by Crippen LogP contribution is 2.41. The molecule has 2 aliphatic carbocycles. The molecule has 0 aliphatic heterocycles. The van der Waals surface area contributed by atoms with Crippen LogP contribution in [0.5, 0.6) is 0 Å². The molecule has 0 aromatic carbocycles. The van der Waals surface area contributed by atoms with Crippen molar-refractivity contribution >= 4 is 5.97 Å². The third kappa shape index (κ3) is 1.62. The summed E-state index contributed by atoms with van der Waals surface area (Å²) >= 11 is 0. The Morgan fingerprint density at radius 2 is 2.25 bits per heavy atom. The Balaban J connectivity index is 1.60. The average Bonchev–Trinajstić information content (AvgIpc) is 2.97. The Labute approximate surface area is 94.6 Å². The van der Waals surface area contributed by atoms with Crippen LogP contribution in [0, 0.1) is 5.92 Å². The Bertz CT molecular complexity index is 403. The lowest BCUT2D eigenvalue weighted by Crippen LogP contribution is -2.33. The molecule has 4 nitrogen and oxygen atoms in total. The van der Waals surface area contributed by atoms with Gasteiger partial charge in [-0.2, -0.15) is 5.10 Å². The molecule has 1 aromatic rings. The maximum Gasteiger partial charge on any atom is 0.308 e. The summed E-state index contributed by atoms with van der Waals surface area (Å²) in [5, 5.41) is 4.58. The molecule has 2 fully saturated rings. The molecule has 0 radical (unpaired) electrons. The van der Waals surface area contributed by atoms with Crippen LogP contribution in [0.4, 0.5) is 0 Å². The first-order chi connectivity index (χ1) is 7.78. The van der Waals surface area contributed by atoms with Gasteiger partial charge in [0.05, 0.1) is 24.8 Å². The number of rotatable bonds is 3. The van der Waals surface area contributed by atoms with Gasteiger partial charge in [0.25, 0.3) is 0 Å². The quantitative estimate of drug-likeness (QED) is 0.730. The number of ether oxygens (including phenoxy) is 1.